The lowest BCUT2D eigenvalue weighted by molar-refractivity contribution is 0.989. The summed E-state index contributed by atoms with van der Waals surface area (Å²) in [6, 6.07) is 5.73. The van der Waals surface area contributed by atoms with Crippen molar-refractivity contribution in [2.45, 2.75) is 0 Å². The molecule has 0 aromatic carbocycles. The molecule has 0 saturated carbocycles. The monoisotopic (exact) mass is 215 g/mol. The molecule has 2 heterocycles. The topological polar surface area (TPSA) is 76.7 Å². The van der Waals surface area contributed by atoms with Gasteiger partial charge in [0, 0.05) is 37.2 Å². The quantitative estimate of drug-likeness (QED) is 0.792. The summed E-state index contributed by atoms with van der Waals surface area (Å²) >= 11 is 0. The van der Waals surface area contributed by atoms with Crippen LogP contribution < -0.4 is 11.1 Å². The lowest BCUT2D eigenvalue weighted by Gasteiger charge is -2.03. The van der Waals surface area contributed by atoms with Crippen molar-refractivity contribution >= 4 is 5.95 Å². The van der Waals surface area contributed by atoms with Gasteiger partial charge in [0.25, 0.3) is 0 Å². The highest BCUT2D eigenvalue weighted by atomic mass is 15.1. The molecule has 0 bridgehead atoms. The highest BCUT2D eigenvalue weighted by Gasteiger charge is 1.99. The first-order valence-corrected chi connectivity index (χ1v) is 5.07. The average molecular weight is 215 g/mol. The average Bonchev–Trinajstić information content (AvgIpc) is 2.38. The summed E-state index contributed by atoms with van der Waals surface area (Å²) in [4.78, 5) is 12.6. The first kappa shape index (κ1) is 10.5. The molecular formula is C11H13N5. The Bertz CT molecular complexity index is 426. The van der Waals surface area contributed by atoms with Crippen LogP contribution in [0, 0.1) is 0 Å². The minimum atomic E-state index is 0.561. The molecule has 82 valence electrons. The highest BCUT2D eigenvalue weighted by molar-refractivity contribution is 5.56. The number of aromatic nitrogens is 3. The van der Waals surface area contributed by atoms with E-state index in [2.05, 4.69) is 20.3 Å². The van der Waals surface area contributed by atoms with Gasteiger partial charge in [0.15, 0.2) is 0 Å². The highest BCUT2D eigenvalue weighted by Crippen LogP contribution is 2.14. The molecule has 0 aliphatic carbocycles. The second-order valence-electron chi connectivity index (χ2n) is 3.23. The predicted molar refractivity (Wildman–Crippen MR) is 62.8 cm³/mol. The van der Waals surface area contributed by atoms with Crippen molar-refractivity contribution in [1.29, 1.82) is 0 Å². The molecule has 16 heavy (non-hydrogen) atoms. The zero-order valence-electron chi connectivity index (χ0n) is 8.80. The second kappa shape index (κ2) is 5.18. The summed E-state index contributed by atoms with van der Waals surface area (Å²) in [6.07, 6.45) is 5.23. The van der Waals surface area contributed by atoms with Crippen LogP contribution >= 0.6 is 0 Å². The van der Waals surface area contributed by atoms with E-state index < -0.39 is 0 Å². The van der Waals surface area contributed by atoms with E-state index in [1.54, 1.807) is 18.6 Å². The van der Waals surface area contributed by atoms with Crippen LogP contribution in [0.5, 0.6) is 0 Å². The molecule has 3 N–H and O–H groups in total. The van der Waals surface area contributed by atoms with Gasteiger partial charge in [-0.15, -0.1) is 0 Å². The fourth-order valence-electron chi connectivity index (χ4n) is 1.27. The molecule has 5 nitrogen and oxygen atoms in total. The van der Waals surface area contributed by atoms with Gasteiger partial charge in [-0.1, -0.05) is 6.07 Å². The van der Waals surface area contributed by atoms with E-state index in [0.29, 0.717) is 19.0 Å². The van der Waals surface area contributed by atoms with Gasteiger partial charge in [-0.25, -0.2) is 9.97 Å². The summed E-state index contributed by atoms with van der Waals surface area (Å²) < 4.78 is 0. The largest absolute Gasteiger partial charge is 0.353 e. The number of nitrogens with one attached hydrogen (secondary N) is 1. The van der Waals surface area contributed by atoms with E-state index in [9.17, 15) is 0 Å². The number of anilines is 1. The van der Waals surface area contributed by atoms with Crippen LogP contribution in [0.25, 0.3) is 11.3 Å². The summed E-state index contributed by atoms with van der Waals surface area (Å²) in [5.74, 6) is 0.588. The van der Waals surface area contributed by atoms with E-state index in [4.69, 9.17) is 5.73 Å². The van der Waals surface area contributed by atoms with Crippen molar-refractivity contribution in [3.8, 4) is 11.3 Å². The third-order valence-electron chi connectivity index (χ3n) is 2.04. The van der Waals surface area contributed by atoms with Crippen molar-refractivity contribution in [1.82, 2.24) is 15.0 Å². The van der Waals surface area contributed by atoms with Crippen molar-refractivity contribution in [3.05, 3.63) is 36.8 Å². The van der Waals surface area contributed by atoms with Crippen LogP contribution in [0.1, 0.15) is 0 Å². The smallest absolute Gasteiger partial charge is 0.222 e. The Labute approximate surface area is 93.8 Å². The predicted octanol–water partition coefficient (Wildman–Crippen LogP) is 0.909. The minimum absolute atomic E-state index is 0.561. The number of rotatable bonds is 4. The zero-order valence-corrected chi connectivity index (χ0v) is 8.80. The van der Waals surface area contributed by atoms with Crippen LogP contribution in [-0.4, -0.2) is 28.0 Å². The van der Waals surface area contributed by atoms with Gasteiger partial charge in [-0.3, -0.25) is 4.98 Å². The maximum Gasteiger partial charge on any atom is 0.222 e. The lowest BCUT2D eigenvalue weighted by atomic mass is 10.2. The maximum absolute atomic E-state index is 5.37. The molecule has 2 aromatic rings. The molecule has 5 heteroatoms. The van der Waals surface area contributed by atoms with E-state index in [-0.39, 0.29) is 0 Å². The molecule has 0 aliphatic rings. The minimum Gasteiger partial charge on any atom is -0.353 e. The van der Waals surface area contributed by atoms with Crippen LogP contribution in [0.2, 0.25) is 0 Å². The van der Waals surface area contributed by atoms with Gasteiger partial charge in [-0.2, -0.15) is 0 Å². The van der Waals surface area contributed by atoms with Gasteiger partial charge >= 0.3 is 0 Å². The molecule has 0 saturated heterocycles. The third-order valence-corrected chi connectivity index (χ3v) is 2.04. The second-order valence-corrected chi connectivity index (χ2v) is 3.23. The Kier molecular flexibility index (Phi) is 3.40. The van der Waals surface area contributed by atoms with Crippen molar-refractivity contribution in [3.63, 3.8) is 0 Å². The molecule has 0 aliphatic heterocycles. The molecule has 0 fully saturated rings. The van der Waals surface area contributed by atoms with Gasteiger partial charge in [0.2, 0.25) is 5.95 Å². The van der Waals surface area contributed by atoms with E-state index in [1.165, 1.54) is 0 Å². The van der Waals surface area contributed by atoms with Gasteiger partial charge in [0.05, 0.1) is 5.69 Å². The van der Waals surface area contributed by atoms with Crippen molar-refractivity contribution < 1.29 is 0 Å². The van der Waals surface area contributed by atoms with E-state index >= 15 is 0 Å². The van der Waals surface area contributed by atoms with Crippen LogP contribution in [0.4, 0.5) is 5.95 Å². The molecule has 2 aromatic heterocycles. The van der Waals surface area contributed by atoms with Crippen LogP contribution in [-0.2, 0) is 0 Å². The first-order valence-electron chi connectivity index (χ1n) is 5.07. The first-order chi connectivity index (χ1) is 7.90. The number of nitrogens with two attached hydrogens (primary N) is 1. The molecule has 2 rings (SSSR count). The summed E-state index contributed by atoms with van der Waals surface area (Å²) in [5.41, 5.74) is 7.14. The maximum atomic E-state index is 5.37. The van der Waals surface area contributed by atoms with Gasteiger partial charge in [0.1, 0.15) is 0 Å². The summed E-state index contributed by atoms with van der Waals surface area (Å²) in [6.45, 7) is 1.23. The number of nitrogens with zero attached hydrogens (tertiary/aromatic N) is 3. The molecule has 0 unspecified atom stereocenters. The lowest BCUT2D eigenvalue weighted by Crippen LogP contribution is -2.14. The number of hydrogen-bond acceptors (Lipinski definition) is 5. The molecule has 0 atom stereocenters. The van der Waals surface area contributed by atoms with Crippen LogP contribution in [0.3, 0.4) is 0 Å². The summed E-state index contributed by atoms with van der Waals surface area (Å²) in [5, 5.41) is 3.01. The number of pyridine rings is 1. The Balaban J connectivity index is 2.13. The zero-order chi connectivity index (χ0) is 11.2. The third kappa shape index (κ3) is 2.52. The SMILES string of the molecule is NCCNc1ncc(-c2ccccn2)cn1. The Hall–Kier alpha value is -2.01. The molecule has 0 amide bonds. The molecule has 0 spiro atoms. The van der Waals surface area contributed by atoms with E-state index in [1.807, 2.05) is 18.2 Å². The standard InChI is InChI=1S/C11H13N5/c12-4-6-14-11-15-7-9(8-16-11)10-3-1-2-5-13-10/h1-3,5,7-8H,4,6,12H2,(H,14,15,16). The van der Waals surface area contributed by atoms with Gasteiger partial charge in [-0.05, 0) is 12.1 Å². The summed E-state index contributed by atoms with van der Waals surface area (Å²) in [7, 11) is 0. The normalized spacial score (nSPS) is 10.1. The fourth-order valence-corrected chi connectivity index (χ4v) is 1.27. The van der Waals surface area contributed by atoms with Gasteiger partial charge < -0.3 is 11.1 Å². The van der Waals surface area contributed by atoms with Crippen molar-refractivity contribution in [2.24, 2.45) is 5.73 Å². The Morgan fingerprint density at radius 3 is 2.56 bits per heavy atom. The van der Waals surface area contributed by atoms with Crippen molar-refractivity contribution in [2.75, 3.05) is 18.4 Å². The number of hydrogen-bond donors (Lipinski definition) is 2. The van der Waals surface area contributed by atoms with Crippen LogP contribution in [0.15, 0.2) is 36.8 Å². The van der Waals surface area contributed by atoms with E-state index in [0.717, 1.165) is 11.3 Å². The molecular weight excluding hydrogens is 202 g/mol. The Morgan fingerprint density at radius 1 is 1.12 bits per heavy atom. The fraction of sp³-hybridized carbons (Fsp3) is 0.182. The molecule has 0 radical (unpaired) electrons. The Morgan fingerprint density at radius 2 is 1.94 bits per heavy atom.